The summed E-state index contributed by atoms with van der Waals surface area (Å²) >= 11 is 0. The molecule has 21 heavy (non-hydrogen) atoms. The van der Waals surface area contributed by atoms with Crippen LogP contribution in [0.4, 0.5) is 4.79 Å². The monoisotopic (exact) mass is 301 g/mol. The van der Waals surface area contributed by atoms with Crippen molar-refractivity contribution in [2.45, 2.75) is 19.8 Å². The average molecular weight is 301 g/mol. The highest BCUT2D eigenvalue weighted by Gasteiger charge is 2.21. The third-order valence-electron chi connectivity index (χ3n) is 3.21. The fourth-order valence-electron chi connectivity index (χ4n) is 2.04. The van der Waals surface area contributed by atoms with Gasteiger partial charge >= 0.3 is 18.0 Å². The van der Waals surface area contributed by atoms with Crippen LogP contribution in [0.25, 0.3) is 0 Å². The second-order valence-electron chi connectivity index (χ2n) is 4.76. The van der Waals surface area contributed by atoms with Crippen molar-refractivity contribution in [2.24, 2.45) is 0 Å². The minimum atomic E-state index is -0.811. The Morgan fingerprint density at radius 3 is 2.38 bits per heavy atom. The predicted molar refractivity (Wildman–Crippen MR) is 74.9 cm³/mol. The molecule has 0 aromatic carbocycles. The lowest BCUT2D eigenvalue weighted by Gasteiger charge is -2.34. The molecule has 8 heteroatoms. The Morgan fingerprint density at radius 2 is 1.81 bits per heavy atom. The molecule has 0 spiro atoms. The van der Waals surface area contributed by atoms with Crippen LogP contribution in [-0.2, 0) is 14.3 Å². The van der Waals surface area contributed by atoms with Gasteiger partial charge in [0, 0.05) is 39.3 Å². The number of piperazine rings is 1. The number of amides is 2. The molecule has 1 saturated heterocycles. The molecule has 0 aliphatic carbocycles. The maximum Gasteiger partial charge on any atom is 0.317 e. The van der Waals surface area contributed by atoms with E-state index in [9.17, 15) is 14.4 Å². The summed E-state index contributed by atoms with van der Waals surface area (Å²) in [5, 5.41) is 11.3. The molecule has 1 aliphatic heterocycles. The van der Waals surface area contributed by atoms with Gasteiger partial charge in [-0.3, -0.25) is 14.5 Å². The van der Waals surface area contributed by atoms with Gasteiger partial charge in [0.1, 0.15) is 0 Å². The second-order valence-corrected chi connectivity index (χ2v) is 4.76. The van der Waals surface area contributed by atoms with Crippen LogP contribution < -0.4 is 5.32 Å². The Hall–Kier alpha value is -1.83. The molecule has 0 aromatic heterocycles. The number of ether oxygens (including phenoxy) is 1. The number of nitrogens with zero attached hydrogens (tertiary/aromatic N) is 2. The highest BCUT2D eigenvalue weighted by atomic mass is 16.5. The van der Waals surface area contributed by atoms with Crippen LogP contribution in [0.15, 0.2) is 0 Å². The van der Waals surface area contributed by atoms with Crippen LogP contribution in [-0.4, -0.2) is 78.8 Å². The molecule has 1 fully saturated rings. The number of hydrogen-bond donors (Lipinski definition) is 2. The number of rotatable bonds is 7. The number of nitrogens with one attached hydrogen (secondary N) is 1. The SMILES string of the molecule is CCOC(=O)CCNC(=O)N1CCN(CCC(=O)O)CC1. The normalized spacial score (nSPS) is 15.6. The van der Waals surface area contributed by atoms with Crippen LogP contribution in [0.5, 0.6) is 0 Å². The van der Waals surface area contributed by atoms with Gasteiger partial charge in [-0.2, -0.15) is 0 Å². The van der Waals surface area contributed by atoms with Gasteiger partial charge in [-0.1, -0.05) is 0 Å². The van der Waals surface area contributed by atoms with Gasteiger partial charge < -0.3 is 20.1 Å². The highest BCUT2D eigenvalue weighted by Crippen LogP contribution is 2.03. The highest BCUT2D eigenvalue weighted by molar-refractivity contribution is 5.75. The van der Waals surface area contributed by atoms with Gasteiger partial charge in [0.05, 0.1) is 19.4 Å². The fourth-order valence-corrected chi connectivity index (χ4v) is 2.04. The fraction of sp³-hybridized carbons (Fsp3) is 0.769. The van der Waals surface area contributed by atoms with Gasteiger partial charge in [0.25, 0.3) is 0 Å². The lowest BCUT2D eigenvalue weighted by atomic mass is 10.3. The van der Waals surface area contributed by atoms with Crippen molar-refractivity contribution in [2.75, 3.05) is 45.9 Å². The lowest BCUT2D eigenvalue weighted by Crippen LogP contribution is -2.52. The molecule has 120 valence electrons. The van der Waals surface area contributed by atoms with Crippen molar-refractivity contribution in [3.05, 3.63) is 0 Å². The first kappa shape index (κ1) is 17.2. The molecule has 1 rings (SSSR count). The molecular weight excluding hydrogens is 278 g/mol. The second kappa shape index (κ2) is 9.17. The van der Waals surface area contributed by atoms with E-state index in [2.05, 4.69) is 5.32 Å². The van der Waals surface area contributed by atoms with E-state index in [0.717, 1.165) is 0 Å². The van der Waals surface area contributed by atoms with Crippen molar-refractivity contribution in [3.63, 3.8) is 0 Å². The summed E-state index contributed by atoms with van der Waals surface area (Å²) in [6, 6.07) is -0.197. The summed E-state index contributed by atoms with van der Waals surface area (Å²) in [4.78, 5) is 37.2. The number of carboxylic acid groups (broad SMARTS) is 1. The first-order chi connectivity index (χ1) is 10.0. The number of carbonyl (C=O) groups excluding carboxylic acids is 2. The van der Waals surface area contributed by atoms with Crippen molar-refractivity contribution in [1.29, 1.82) is 0 Å². The molecule has 0 bridgehead atoms. The predicted octanol–water partition coefficient (Wildman–Crippen LogP) is -0.258. The summed E-state index contributed by atoms with van der Waals surface area (Å²) in [6.07, 6.45) is 0.282. The standard InChI is InChI=1S/C13H23N3O5/c1-2-21-12(19)3-5-14-13(20)16-9-7-15(8-10-16)6-4-11(17)18/h2-10H2,1H3,(H,14,20)(H,17,18). The Kier molecular flexibility index (Phi) is 7.52. The Balaban J connectivity index is 2.16. The number of hydrogen-bond acceptors (Lipinski definition) is 5. The van der Waals surface area contributed by atoms with Gasteiger partial charge in [0.2, 0.25) is 0 Å². The minimum Gasteiger partial charge on any atom is -0.481 e. The van der Waals surface area contributed by atoms with Crippen LogP contribution in [0.3, 0.4) is 0 Å². The third kappa shape index (κ3) is 6.94. The molecule has 0 unspecified atom stereocenters. The topological polar surface area (TPSA) is 99.2 Å². The van der Waals surface area contributed by atoms with E-state index >= 15 is 0 Å². The van der Waals surface area contributed by atoms with Crippen LogP contribution in [0.2, 0.25) is 0 Å². The van der Waals surface area contributed by atoms with Gasteiger partial charge in [-0.25, -0.2) is 4.79 Å². The first-order valence-corrected chi connectivity index (χ1v) is 7.15. The van der Waals surface area contributed by atoms with E-state index in [0.29, 0.717) is 39.3 Å². The zero-order valence-electron chi connectivity index (χ0n) is 12.3. The van der Waals surface area contributed by atoms with Crippen molar-refractivity contribution in [1.82, 2.24) is 15.1 Å². The number of carbonyl (C=O) groups is 3. The van der Waals surface area contributed by atoms with E-state index in [1.165, 1.54) is 0 Å². The van der Waals surface area contributed by atoms with E-state index in [1.54, 1.807) is 11.8 Å². The van der Waals surface area contributed by atoms with E-state index in [1.807, 2.05) is 4.90 Å². The largest absolute Gasteiger partial charge is 0.481 e. The zero-order chi connectivity index (χ0) is 15.7. The summed E-state index contributed by atoms with van der Waals surface area (Å²) in [5.74, 6) is -1.13. The number of urea groups is 1. The molecule has 0 saturated carbocycles. The molecule has 0 atom stereocenters. The van der Waals surface area contributed by atoms with E-state index < -0.39 is 5.97 Å². The minimum absolute atomic E-state index is 0.117. The summed E-state index contributed by atoms with van der Waals surface area (Å²) in [7, 11) is 0. The summed E-state index contributed by atoms with van der Waals surface area (Å²) in [6.45, 7) is 5.29. The third-order valence-corrected chi connectivity index (χ3v) is 3.21. The molecule has 0 radical (unpaired) electrons. The summed E-state index contributed by atoms with van der Waals surface area (Å²) < 4.78 is 4.77. The Labute approximate surface area is 124 Å². The molecule has 1 heterocycles. The van der Waals surface area contributed by atoms with Gasteiger partial charge in [0.15, 0.2) is 0 Å². The zero-order valence-corrected chi connectivity index (χ0v) is 12.3. The molecule has 2 amide bonds. The maximum atomic E-state index is 11.9. The van der Waals surface area contributed by atoms with Crippen LogP contribution >= 0.6 is 0 Å². The number of aliphatic carboxylic acids is 1. The van der Waals surface area contributed by atoms with Crippen molar-refractivity contribution >= 4 is 18.0 Å². The molecule has 2 N–H and O–H groups in total. The molecular formula is C13H23N3O5. The number of esters is 1. The Morgan fingerprint density at radius 1 is 1.14 bits per heavy atom. The quantitative estimate of drug-likeness (QED) is 0.629. The van der Waals surface area contributed by atoms with E-state index in [4.69, 9.17) is 9.84 Å². The van der Waals surface area contributed by atoms with Crippen molar-refractivity contribution < 1.29 is 24.2 Å². The lowest BCUT2D eigenvalue weighted by molar-refractivity contribution is -0.143. The summed E-state index contributed by atoms with van der Waals surface area (Å²) in [5.41, 5.74) is 0. The van der Waals surface area contributed by atoms with Gasteiger partial charge in [-0.15, -0.1) is 0 Å². The molecule has 8 nitrogen and oxygen atoms in total. The molecule has 1 aliphatic rings. The smallest absolute Gasteiger partial charge is 0.317 e. The average Bonchev–Trinajstić information content (AvgIpc) is 2.45. The molecule has 0 aromatic rings. The van der Waals surface area contributed by atoms with Crippen LogP contribution in [0.1, 0.15) is 19.8 Å². The Bertz CT molecular complexity index is 367. The van der Waals surface area contributed by atoms with Crippen LogP contribution in [0, 0.1) is 0 Å². The van der Waals surface area contributed by atoms with Crippen molar-refractivity contribution in [3.8, 4) is 0 Å². The van der Waals surface area contributed by atoms with Gasteiger partial charge in [-0.05, 0) is 6.92 Å². The first-order valence-electron chi connectivity index (χ1n) is 7.15. The maximum absolute atomic E-state index is 11.9. The number of carboxylic acids is 1. The van der Waals surface area contributed by atoms with E-state index in [-0.39, 0.29) is 31.4 Å².